The van der Waals surface area contributed by atoms with E-state index in [0.29, 0.717) is 26.1 Å². The van der Waals surface area contributed by atoms with Crippen LogP contribution in [0.1, 0.15) is 43.2 Å². The van der Waals surface area contributed by atoms with Gasteiger partial charge in [-0.25, -0.2) is 0 Å². The molecule has 3 fully saturated rings. The summed E-state index contributed by atoms with van der Waals surface area (Å²) in [6, 6.07) is 8.32. The molecule has 2 saturated heterocycles. The van der Waals surface area contributed by atoms with Crippen LogP contribution in [0, 0.1) is 18.8 Å². The first kappa shape index (κ1) is 17.5. The minimum atomic E-state index is -0.748. The fourth-order valence-electron chi connectivity index (χ4n) is 4.77. The van der Waals surface area contributed by atoms with Gasteiger partial charge in [-0.05, 0) is 50.5 Å². The second kappa shape index (κ2) is 6.69. The Hall–Kier alpha value is -1.88. The van der Waals surface area contributed by atoms with E-state index in [1.807, 2.05) is 11.0 Å². The number of likely N-dealkylation sites (tertiary alicyclic amines) is 1. The molecular formula is C21H27NO4. The van der Waals surface area contributed by atoms with E-state index in [0.717, 1.165) is 31.2 Å². The van der Waals surface area contributed by atoms with Crippen LogP contribution in [0.2, 0.25) is 0 Å². The van der Waals surface area contributed by atoms with Gasteiger partial charge in [-0.2, -0.15) is 0 Å². The van der Waals surface area contributed by atoms with E-state index in [4.69, 9.17) is 4.74 Å². The summed E-state index contributed by atoms with van der Waals surface area (Å²) in [7, 11) is 0. The number of ether oxygens (including phenoxy) is 1. The van der Waals surface area contributed by atoms with Gasteiger partial charge in [-0.1, -0.05) is 29.8 Å². The van der Waals surface area contributed by atoms with Crippen LogP contribution in [-0.2, 0) is 19.7 Å². The van der Waals surface area contributed by atoms with Crippen molar-refractivity contribution >= 4 is 11.9 Å². The highest BCUT2D eigenvalue weighted by Crippen LogP contribution is 2.50. The summed E-state index contributed by atoms with van der Waals surface area (Å²) in [6.07, 6.45) is 3.96. The number of carboxylic acid groups (broad SMARTS) is 1. The number of carbonyl (C=O) groups excluding carboxylic acids is 1. The topological polar surface area (TPSA) is 66.8 Å². The van der Waals surface area contributed by atoms with E-state index < -0.39 is 5.97 Å². The van der Waals surface area contributed by atoms with Gasteiger partial charge in [0.05, 0.1) is 17.4 Å². The lowest BCUT2D eigenvalue weighted by Gasteiger charge is -2.37. The summed E-state index contributed by atoms with van der Waals surface area (Å²) < 4.78 is 5.74. The fraction of sp³-hybridized carbons (Fsp3) is 0.619. The molecule has 2 aliphatic heterocycles. The Morgan fingerprint density at radius 3 is 2.54 bits per heavy atom. The van der Waals surface area contributed by atoms with Gasteiger partial charge in [-0.15, -0.1) is 0 Å². The third-order valence-corrected chi connectivity index (χ3v) is 6.47. The Labute approximate surface area is 154 Å². The molecule has 1 saturated carbocycles. The summed E-state index contributed by atoms with van der Waals surface area (Å²) in [5.74, 6) is -0.632. The standard InChI is InChI=1S/C21H27NO4/c1-14-3-2-4-16(13-14)21(8-9-21)20(25)22-10-5-15(6-11-22)18-17(19(23)24)7-12-26-18/h2-4,13,15,17-18H,5-12H2,1H3,(H,23,24)/t17?,18-/m0/s1. The van der Waals surface area contributed by atoms with Crippen LogP contribution in [-0.4, -0.2) is 47.7 Å². The Morgan fingerprint density at radius 1 is 1.19 bits per heavy atom. The molecule has 140 valence electrons. The van der Waals surface area contributed by atoms with Gasteiger partial charge in [0.1, 0.15) is 0 Å². The highest BCUT2D eigenvalue weighted by molar-refractivity contribution is 5.91. The molecule has 1 aromatic rings. The molecule has 1 aromatic carbocycles. The summed E-state index contributed by atoms with van der Waals surface area (Å²) in [5.41, 5.74) is 2.03. The van der Waals surface area contributed by atoms with Crippen LogP contribution < -0.4 is 0 Å². The van der Waals surface area contributed by atoms with Crippen LogP contribution in [0.3, 0.4) is 0 Å². The Kier molecular flexibility index (Phi) is 4.51. The lowest BCUT2D eigenvalue weighted by atomic mass is 9.83. The predicted octanol–water partition coefficient (Wildman–Crippen LogP) is 2.75. The fourth-order valence-corrected chi connectivity index (χ4v) is 4.77. The molecule has 5 heteroatoms. The van der Waals surface area contributed by atoms with Crippen molar-refractivity contribution < 1.29 is 19.4 Å². The third kappa shape index (κ3) is 3.02. The number of carbonyl (C=O) groups is 2. The number of rotatable bonds is 4. The average molecular weight is 357 g/mol. The predicted molar refractivity (Wildman–Crippen MR) is 96.9 cm³/mol. The number of piperidine rings is 1. The number of amides is 1. The highest BCUT2D eigenvalue weighted by Gasteiger charge is 2.53. The number of aryl methyl sites for hydroxylation is 1. The summed E-state index contributed by atoms with van der Waals surface area (Å²) >= 11 is 0. The first-order valence-electron chi connectivity index (χ1n) is 9.72. The third-order valence-electron chi connectivity index (χ3n) is 6.47. The van der Waals surface area contributed by atoms with Crippen molar-refractivity contribution in [1.29, 1.82) is 0 Å². The molecule has 1 unspecified atom stereocenters. The number of hydrogen-bond acceptors (Lipinski definition) is 3. The number of hydrogen-bond donors (Lipinski definition) is 1. The minimum absolute atomic E-state index is 0.184. The maximum absolute atomic E-state index is 13.2. The maximum Gasteiger partial charge on any atom is 0.309 e. The number of aliphatic carboxylic acids is 1. The van der Waals surface area contributed by atoms with E-state index in [1.54, 1.807) is 0 Å². The summed E-state index contributed by atoms with van der Waals surface area (Å²) in [6.45, 7) is 4.03. The zero-order valence-corrected chi connectivity index (χ0v) is 15.3. The molecule has 2 heterocycles. The molecule has 2 atom stereocenters. The van der Waals surface area contributed by atoms with Crippen molar-refractivity contribution in [1.82, 2.24) is 4.90 Å². The Bertz CT molecular complexity index is 704. The molecule has 1 amide bonds. The van der Waals surface area contributed by atoms with Crippen LogP contribution >= 0.6 is 0 Å². The van der Waals surface area contributed by atoms with E-state index in [1.165, 1.54) is 5.56 Å². The monoisotopic (exact) mass is 357 g/mol. The first-order valence-corrected chi connectivity index (χ1v) is 9.72. The molecule has 0 spiro atoms. The lowest BCUT2D eigenvalue weighted by Crippen LogP contribution is -2.46. The largest absolute Gasteiger partial charge is 0.481 e. The first-order chi connectivity index (χ1) is 12.5. The van der Waals surface area contributed by atoms with Gasteiger partial charge in [0, 0.05) is 19.7 Å². The van der Waals surface area contributed by atoms with E-state index in [2.05, 4.69) is 25.1 Å². The van der Waals surface area contributed by atoms with Crippen molar-refractivity contribution in [2.24, 2.45) is 11.8 Å². The number of nitrogens with zero attached hydrogens (tertiary/aromatic N) is 1. The van der Waals surface area contributed by atoms with Crippen LogP contribution in [0.25, 0.3) is 0 Å². The quantitative estimate of drug-likeness (QED) is 0.900. The maximum atomic E-state index is 13.2. The lowest BCUT2D eigenvalue weighted by molar-refractivity contribution is -0.146. The number of carboxylic acids is 1. The minimum Gasteiger partial charge on any atom is -0.481 e. The van der Waals surface area contributed by atoms with Crippen molar-refractivity contribution in [3.63, 3.8) is 0 Å². The molecule has 0 aromatic heterocycles. The zero-order valence-electron chi connectivity index (χ0n) is 15.3. The van der Waals surface area contributed by atoms with E-state index >= 15 is 0 Å². The van der Waals surface area contributed by atoms with Gasteiger partial charge in [0.2, 0.25) is 5.91 Å². The van der Waals surface area contributed by atoms with Crippen molar-refractivity contribution in [2.75, 3.05) is 19.7 Å². The normalized spacial score (nSPS) is 28.1. The molecule has 5 nitrogen and oxygen atoms in total. The zero-order chi connectivity index (χ0) is 18.3. The van der Waals surface area contributed by atoms with Crippen molar-refractivity contribution in [3.8, 4) is 0 Å². The molecule has 26 heavy (non-hydrogen) atoms. The van der Waals surface area contributed by atoms with Crippen LogP contribution in [0.5, 0.6) is 0 Å². The Balaban J connectivity index is 1.40. The second-order valence-electron chi connectivity index (χ2n) is 8.15. The molecule has 0 radical (unpaired) electrons. The molecule has 4 rings (SSSR count). The van der Waals surface area contributed by atoms with Gasteiger partial charge in [0.25, 0.3) is 0 Å². The smallest absolute Gasteiger partial charge is 0.309 e. The molecule has 1 N–H and O–H groups in total. The van der Waals surface area contributed by atoms with Crippen LogP contribution in [0.15, 0.2) is 24.3 Å². The summed E-state index contributed by atoms with van der Waals surface area (Å²) in [4.78, 5) is 26.6. The molecule has 0 bridgehead atoms. The highest BCUT2D eigenvalue weighted by atomic mass is 16.5. The van der Waals surface area contributed by atoms with Gasteiger partial charge in [0.15, 0.2) is 0 Å². The Morgan fingerprint density at radius 2 is 1.92 bits per heavy atom. The van der Waals surface area contributed by atoms with Crippen molar-refractivity contribution in [2.45, 2.75) is 50.5 Å². The molecule has 3 aliphatic rings. The van der Waals surface area contributed by atoms with E-state index in [9.17, 15) is 14.7 Å². The molecular weight excluding hydrogens is 330 g/mol. The summed E-state index contributed by atoms with van der Waals surface area (Å²) in [5, 5.41) is 9.37. The van der Waals surface area contributed by atoms with Gasteiger partial charge >= 0.3 is 5.97 Å². The van der Waals surface area contributed by atoms with Gasteiger partial charge in [-0.3, -0.25) is 9.59 Å². The average Bonchev–Trinajstić information content (AvgIpc) is 3.30. The number of benzene rings is 1. The van der Waals surface area contributed by atoms with Crippen molar-refractivity contribution in [3.05, 3.63) is 35.4 Å². The molecule has 1 aliphatic carbocycles. The van der Waals surface area contributed by atoms with E-state index in [-0.39, 0.29) is 29.3 Å². The van der Waals surface area contributed by atoms with Gasteiger partial charge < -0.3 is 14.7 Å². The second-order valence-corrected chi connectivity index (χ2v) is 8.15. The SMILES string of the molecule is Cc1cccc(C2(C(=O)N3CCC([C@@H]4OCCC4C(=O)O)CC3)CC2)c1. The van der Waals surface area contributed by atoms with Crippen LogP contribution in [0.4, 0.5) is 0 Å².